The number of rotatable bonds is 8. The van der Waals surface area contributed by atoms with Crippen molar-refractivity contribution in [3.05, 3.63) is 47.7 Å². The van der Waals surface area contributed by atoms with Crippen LogP contribution >= 0.6 is 0 Å². The molecule has 0 radical (unpaired) electrons. The lowest BCUT2D eigenvalue weighted by atomic mass is 10.1. The van der Waals surface area contributed by atoms with Crippen molar-refractivity contribution >= 4 is 24.0 Å². The standard InChI is InChI=1S/C24H32N6O5/c1-16(19-6-4-18(5-7-19)14-28-10-12-29(13-11-28)23(31)32)26-22-25-9-8-21(27-22)30-20(17(2)34-3)15-35-24(30)33/h4-9,16-17,20H,10-15H2,1-3H3,(H,31,32)(H,25,26,27)/t16-,17-,20+/m0/s1. The van der Waals surface area contributed by atoms with Crippen molar-refractivity contribution in [2.45, 2.75) is 38.6 Å². The summed E-state index contributed by atoms with van der Waals surface area (Å²) in [6.45, 7) is 7.48. The highest BCUT2D eigenvalue weighted by Gasteiger charge is 2.39. The summed E-state index contributed by atoms with van der Waals surface area (Å²) in [5.74, 6) is 0.878. The molecule has 4 rings (SSSR count). The van der Waals surface area contributed by atoms with E-state index in [4.69, 9.17) is 14.6 Å². The molecule has 0 bridgehead atoms. The van der Waals surface area contributed by atoms with Gasteiger partial charge in [0.2, 0.25) is 5.95 Å². The summed E-state index contributed by atoms with van der Waals surface area (Å²) in [7, 11) is 1.60. The Morgan fingerprint density at radius 1 is 1.20 bits per heavy atom. The van der Waals surface area contributed by atoms with Gasteiger partial charge in [0, 0.05) is 46.0 Å². The third-order valence-corrected chi connectivity index (χ3v) is 6.58. The number of ether oxygens (including phenoxy) is 2. The molecule has 3 heterocycles. The van der Waals surface area contributed by atoms with Crippen LogP contribution in [-0.4, -0.2) is 89.1 Å². The van der Waals surface area contributed by atoms with Gasteiger partial charge in [0.05, 0.1) is 12.1 Å². The van der Waals surface area contributed by atoms with Gasteiger partial charge < -0.3 is 24.8 Å². The zero-order valence-corrected chi connectivity index (χ0v) is 20.3. The van der Waals surface area contributed by atoms with E-state index in [2.05, 4.69) is 44.5 Å². The molecule has 2 aromatic rings. The Labute approximate surface area is 204 Å². The number of aromatic nitrogens is 2. The van der Waals surface area contributed by atoms with Gasteiger partial charge in [-0.05, 0) is 31.0 Å². The summed E-state index contributed by atoms with van der Waals surface area (Å²) in [6.07, 6.45) is 0.114. The minimum absolute atomic E-state index is 0.0577. The van der Waals surface area contributed by atoms with Crippen molar-refractivity contribution in [2.75, 3.05) is 50.1 Å². The molecular weight excluding hydrogens is 452 g/mol. The summed E-state index contributed by atoms with van der Waals surface area (Å²) in [4.78, 5) is 37.5. The first-order valence-electron chi connectivity index (χ1n) is 11.7. The second kappa shape index (κ2) is 10.9. The predicted octanol–water partition coefficient (Wildman–Crippen LogP) is 2.81. The van der Waals surface area contributed by atoms with Gasteiger partial charge in [-0.1, -0.05) is 24.3 Å². The average Bonchev–Trinajstić information content (AvgIpc) is 3.25. The number of methoxy groups -OCH3 is 1. The second-order valence-corrected chi connectivity index (χ2v) is 8.85. The second-order valence-electron chi connectivity index (χ2n) is 8.85. The molecule has 2 aliphatic heterocycles. The van der Waals surface area contributed by atoms with Crippen LogP contribution in [-0.2, 0) is 16.0 Å². The summed E-state index contributed by atoms with van der Waals surface area (Å²) in [5.41, 5.74) is 2.25. The number of carboxylic acid groups (broad SMARTS) is 1. The van der Waals surface area contributed by atoms with Gasteiger partial charge in [0.25, 0.3) is 0 Å². The molecule has 188 valence electrons. The van der Waals surface area contributed by atoms with Crippen molar-refractivity contribution in [2.24, 2.45) is 0 Å². The first kappa shape index (κ1) is 24.7. The number of hydrogen-bond acceptors (Lipinski definition) is 8. The van der Waals surface area contributed by atoms with E-state index in [0.717, 1.165) is 25.2 Å². The Kier molecular flexibility index (Phi) is 7.67. The molecule has 0 unspecified atom stereocenters. The van der Waals surface area contributed by atoms with Crippen LogP contribution < -0.4 is 10.2 Å². The number of amides is 2. The molecule has 0 spiro atoms. The van der Waals surface area contributed by atoms with Crippen molar-refractivity contribution in [3.63, 3.8) is 0 Å². The maximum absolute atomic E-state index is 12.3. The molecule has 2 fully saturated rings. The zero-order chi connectivity index (χ0) is 24.9. The van der Waals surface area contributed by atoms with Crippen molar-refractivity contribution in [1.29, 1.82) is 0 Å². The van der Waals surface area contributed by atoms with E-state index in [1.165, 1.54) is 15.4 Å². The molecule has 0 aliphatic carbocycles. The van der Waals surface area contributed by atoms with Crippen LogP contribution in [0.2, 0.25) is 0 Å². The topological polar surface area (TPSA) is 120 Å². The van der Waals surface area contributed by atoms with Gasteiger partial charge >= 0.3 is 12.2 Å². The number of nitrogens with one attached hydrogen (secondary N) is 1. The number of anilines is 2. The smallest absolute Gasteiger partial charge is 0.416 e. The van der Waals surface area contributed by atoms with Crippen LogP contribution in [0.5, 0.6) is 0 Å². The maximum Gasteiger partial charge on any atom is 0.416 e. The van der Waals surface area contributed by atoms with Gasteiger partial charge in [-0.2, -0.15) is 4.98 Å². The molecule has 11 heteroatoms. The number of carbonyl (C=O) groups is 2. The van der Waals surface area contributed by atoms with E-state index in [1.807, 2.05) is 13.8 Å². The van der Waals surface area contributed by atoms with Crippen LogP contribution in [0.4, 0.5) is 21.4 Å². The lowest BCUT2D eigenvalue weighted by Crippen LogP contribution is -2.47. The largest absolute Gasteiger partial charge is 0.465 e. The highest BCUT2D eigenvalue weighted by atomic mass is 16.6. The molecule has 2 N–H and O–H groups in total. The Hall–Kier alpha value is -3.44. The van der Waals surface area contributed by atoms with E-state index in [0.29, 0.717) is 24.9 Å². The molecule has 1 aromatic heterocycles. The summed E-state index contributed by atoms with van der Waals surface area (Å²) >= 11 is 0. The van der Waals surface area contributed by atoms with Crippen LogP contribution in [0, 0.1) is 0 Å². The van der Waals surface area contributed by atoms with Gasteiger partial charge in [0.1, 0.15) is 18.5 Å². The van der Waals surface area contributed by atoms with Crippen LogP contribution in [0.15, 0.2) is 36.5 Å². The fraction of sp³-hybridized carbons (Fsp3) is 0.500. The minimum Gasteiger partial charge on any atom is -0.465 e. The van der Waals surface area contributed by atoms with Crippen molar-refractivity contribution < 1.29 is 24.2 Å². The quantitative estimate of drug-likeness (QED) is 0.583. The number of carbonyl (C=O) groups excluding carboxylic acids is 1. The molecule has 2 saturated heterocycles. The summed E-state index contributed by atoms with van der Waals surface area (Å²) < 4.78 is 10.6. The third-order valence-electron chi connectivity index (χ3n) is 6.58. The lowest BCUT2D eigenvalue weighted by molar-refractivity contribution is 0.0881. The van der Waals surface area contributed by atoms with Gasteiger partial charge in [-0.15, -0.1) is 0 Å². The summed E-state index contributed by atoms with van der Waals surface area (Å²) in [6, 6.07) is 9.68. The number of cyclic esters (lactones) is 1. The fourth-order valence-corrected chi connectivity index (χ4v) is 4.30. The van der Waals surface area contributed by atoms with Crippen LogP contribution in [0.3, 0.4) is 0 Å². The van der Waals surface area contributed by atoms with Crippen LogP contribution in [0.25, 0.3) is 0 Å². The predicted molar refractivity (Wildman–Crippen MR) is 129 cm³/mol. The molecule has 1 aromatic carbocycles. The number of nitrogens with zero attached hydrogens (tertiary/aromatic N) is 5. The fourth-order valence-electron chi connectivity index (χ4n) is 4.30. The van der Waals surface area contributed by atoms with E-state index in [9.17, 15) is 9.59 Å². The van der Waals surface area contributed by atoms with E-state index in [-0.39, 0.29) is 24.8 Å². The van der Waals surface area contributed by atoms with Gasteiger partial charge in [0.15, 0.2) is 0 Å². The molecule has 3 atom stereocenters. The SMILES string of the molecule is CO[C@@H](C)[C@H]1COC(=O)N1c1ccnc(N[C@@H](C)c2ccc(CN3CCN(C(=O)O)CC3)cc2)n1. The van der Waals surface area contributed by atoms with E-state index >= 15 is 0 Å². The number of piperazine rings is 1. The summed E-state index contributed by atoms with van der Waals surface area (Å²) in [5, 5.41) is 12.4. The first-order valence-corrected chi connectivity index (χ1v) is 11.7. The molecular formula is C24H32N6O5. The van der Waals surface area contributed by atoms with Crippen LogP contribution in [0.1, 0.15) is 31.0 Å². The zero-order valence-electron chi connectivity index (χ0n) is 20.3. The van der Waals surface area contributed by atoms with Gasteiger partial charge in [-0.25, -0.2) is 14.6 Å². The molecule has 2 amide bonds. The van der Waals surface area contributed by atoms with E-state index < -0.39 is 12.2 Å². The Morgan fingerprint density at radius 2 is 1.91 bits per heavy atom. The highest BCUT2D eigenvalue weighted by Crippen LogP contribution is 2.26. The Bertz CT molecular complexity index is 1030. The lowest BCUT2D eigenvalue weighted by Gasteiger charge is -2.33. The first-order chi connectivity index (χ1) is 16.9. The number of benzene rings is 1. The highest BCUT2D eigenvalue weighted by molar-refractivity contribution is 5.89. The minimum atomic E-state index is -0.852. The maximum atomic E-state index is 12.3. The Morgan fingerprint density at radius 3 is 2.57 bits per heavy atom. The van der Waals surface area contributed by atoms with Crippen molar-refractivity contribution in [1.82, 2.24) is 19.8 Å². The molecule has 2 aliphatic rings. The monoisotopic (exact) mass is 484 g/mol. The number of hydrogen-bond donors (Lipinski definition) is 2. The van der Waals surface area contributed by atoms with Crippen molar-refractivity contribution in [3.8, 4) is 0 Å². The normalized spacial score (nSPS) is 20.4. The Balaban J connectivity index is 1.36. The van der Waals surface area contributed by atoms with E-state index in [1.54, 1.807) is 19.4 Å². The molecule has 0 saturated carbocycles. The average molecular weight is 485 g/mol. The third kappa shape index (κ3) is 5.80. The molecule has 35 heavy (non-hydrogen) atoms. The van der Waals surface area contributed by atoms with Gasteiger partial charge in [-0.3, -0.25) is 9.80 Å². The molecule has 11 nitrogen and oxygen atoms in total.